The standard InChI is InChI=1S/C29H24N6O2/c36-29(17-4-1-2-5-17)32-20-10-19(13-30-14-20)25-12-23-27(15-31-25)34-35-28(23)26-11-22-21(18-8-9-37-16-18)6-3-7-24(22)33-26/h3,6-17,33H,1-2,4-5H2,(H,32,36)(H,34,35). The van der Waals surface area contributed by atoms with Gasteiger partial charge in [0.1, 0.15) is 5.69 Å². The van der Waals surface area contributed by atoms with Crippen LogP contribution in [0.1, 0.15) is 25.7 Å². The maximum Gasteiger partial charge on any atom is 0.227 e. The maximum atomic E-state index is 12.6. The highest BCUT2D eigenvalue weighted by molar-refractivity contribution is 6.01. The Morgan fingerprint density at radius 3 is 2.76 bits per heavy atom. The number of benzene rings is 1. The molecule has 1 fully saturated rings. The number of furan rings is 1. The van der Waals surface area contributed by atoms with Gasteiger partial charge in [-0.25, -0.2) is 0 Å². The van der Waals surface area contributed by atoms with Gasteiger partial charge in [0.05, 0.1) is 47.5 Å². The first-order valence-corrected chi connectivity index (χ1v) is 12.5. The molecule has 0 saturated heterocycles. The lowest BCUT2D eigenvalue weighted by atomic mass is 10.0. The van der Waals surface area contributed by atoms with E-state index in [1.165, 1.54) is 0 Å². The fourth-order valence-electron chi connectivity index (χ4n) is 5.31. The van der Waals surface area contributed by atoms with Gasteiger partial charge < -0.3 is 14.7 Å². The monoisotopic (exact) mass is 488 g/mol. The van der Waals surface area contributed by atoms with Gasteiger partial charge in [-0.1, -0.05) is 25.0 Å². The average Bonchev–Trinajstić information content (AvgIpc) is 3.74. The number of fused-ring (bicyclic) bond motifs is 2. The molecule has 3 N–H and O–H groups in total. The molecular formula is C29H24N6O2. The van der Waals surface area contributed by atoms with Gasteiger partial charge in [0.15, 0.2) is 0 Å². The minimum Gasteiger partial charge on any atom is -0.472 e. The Morgan fingerprint density at radius 2 is 1.89 bits per heavy atom. The van der Waals surface area contributed by atoms with Crippen molar-refractivity contribution in [2.24, 2.45) is 5.92 Å². The number of hydrogen-bond acceptors (Lipinski definition) is 5. The lowest BCUT2D eigenvalue weighted by Gasteiger charge is -2.11. The highest BCUT2D eigenvalue weighted by Gasteiger charge is 2.23. The number of nitrogens with zero attached hydrogens (tertiary/aromatic N) is 3. The second-order valence-corrected chi connectivity index (χ2v) is 9.58. The summed E-state index contributed by atoms with van der Waals surface area (Å²) in [5.41, 5.74) is 7.98. The van der Waals surface area contributed by atoms with E-state index in [0.717, 1.165) is 81.3 Å². The summed E-state index contributed by atoms with van der Waals surface area (Å²) in [6.45, 7) is 0. The summed E-state index contributed by atoms with van der Waals surface area (Å²) in [7, 11) is 0. The van der Waals surface area contributed by atoms with Crippen molar-refractivity contribution in [3.05, 3.63) is 73.6 Å². The number of H-pyrrole nitrogens is 2. The van der Waals surface area contributed by atoms with Crippen LogP contribution in [0.3, 0.4) is 0 Å². The summed E-state index contributed by atoms with van der Waals surface area (Å²) < 4.78 is 5.30. The van der Waals surface area contributed by atoms with Crippen molar-refractivity contribution in [1.82, 2.24) is 25.1 Å². The third-order valence-electron chi connectivity index (χ3n) is 7.23. The summed E-state index contributed by atoms with van der Waals surface area (Å²) in [6.07, 6.45) is 12.8. The van der Waals surface area contributed by atoms with E-state index in [0.29, 0.717) is 5.69 Å². The Kier molecular flexibility index (Phi) is 5.09. The van der Waals surface area contributed by atoms with Crippen molar-refractivity contribution < 1.29 is 9.21 Å². The zero-order chi connectivity index (χ0) is 24.8. The predicted molar refractivity (Wildman–Crippen MR) is 143 cm³/mol. The number of aromatic amines is 2. The van der Waals surface area contributed by atoms with Crippen molar-refractivity contribution in [2.45, 2.75) is 25.7 Å². The number of hydrogen-bond donors (Lipinski definition) is 3. The van der Waals surface area contributed by atoms with E-state index in [4.69, 9.17) is 4.42 Å². The van der Waals surface area contributed by atoms with Crippen LogP contribution in [0.4, 0.5) is 5.69 Å². The van der Waals surface area contributed by atoms with E-state index in [1.54, 1.807) is 31.1 Å². The molecule has 1 amide bonds. The van der Waals surface area contributed by atoms with Crippen LogP contribution in [-0.2, 0) is 4.79 Å². The molecule has 1 aliphatic carbocycles. The molecule has 0 unspecified atom stereocenters. The highest BCUT2D eigenvalue weighted by atomic mass is 16.3. The van der Waals surface area contributed by atoms with Crippen LogP contribution in [0.25, 0.3) is 55.6 Å². The number of nitrogens with one attached hydrogen (secondary N) is 3. The van der Waals surface area contributed by atoms with Gasteiger partial charge in [0, 0.05) is 39.5 Å². The van der Waals surface area contributed by atoms with Gasteiger partial charge in [0.2, 0.25) is 5.91 Å². The van der Waals surface area contributed by atoms with Crippen LogP contribution in [0.15, 0.2) is 78.0 Å². The first-order chi connectivity index (χ1) is 18.2. The van der Waals surface area contributed by atoms with E-state index >= 15 is 0 Å². The molecule has 0 atom stereocenters. The second kappa shape index (κ2) is 8.74. The number of pyridine rings is 2. The highest BCUT2D eigenvalue weighted by Crippen LogP contribution is 2.35. The van der Waals surface area contributed by atoms with Crippen molar-refractivity contribution >= 4 is 33.4 Å². The van der Waals surface area contributed by atoms with Gasteiger partial charge in [-0.3, -0.25) is 19.9 Å². The van der Waals surface area contributed by atoms with Gasteiger partial charge in [-0.15, -0.1) is 0 Å². The molecule has 8 heteroatoms. The first-order valence-electron chi connectivity index (χ1n) is 12.5. The van der Waals surface area contributed by atoms with Gasteiger partial charge in [-0.05, 0) is 48.7 Å². The van der Waals surface area contributed by atoms with E-state index in [1.807, 2.05) is 24.3 Å². The van der Waals surface area contributed by atoms with E-state index in [-0.39, 0.29) is 11.8 Å². The van der Waals surface area contributed by atoms with Crippen LogP contribution >= 0.6 is 0 Å². The summed E-state index contributed by atoms with van der Waals surface area (Å²) >= 11 is 0. The molecule has 0 aliphatic heterocycles. The first kappa shape index (κ1) is 21.6. The largest absolute Gasteiger partial charge is 0.472 e. The summed E-state index contributed by atoms with van der Waals surface area (Å²) in [5, 5.41) is 12.8. The van der Waals surface area contributed by atoms with Crippen LogP contribution in [0.5, 0.6) is 0 Å². The molecule has 8 nitrogen and oxygen atoms in total. The molecule has 182 valence electrons. The zero-order valence-electron chi connectivity index (χ0n) is 20.0. The Labute approximate surface area is 212 Å². The molecule has 1 saturated carbocycles. The van der Waals surface area contributed by atoms with Gasteiger partial charge in [-0.2, -0.15) is 5.10 Å². The molecule has 37 heavy (non-hydrogen) atoms. The fraction of sp³-hybridized carbons (Fsp3) is 0.172. The molecule has 1 aromatic carbocycles. The van der Waals surface area contributed by atoms with Crippen LogP contribution in [-0.4, -0.2) is 31.1 Å². The van der Waals surface area contributed by atoms with E-state index in [9.17, 15) is 4.79 Å². The second-order valence-electron chi connectivity index (χ2n) is 9.58. The van der Waals surface area contributed by atoms with Crippen LogP contribution in [0, 0.1) is 5.92 Å². The minimum atomic E-state index is 0.0746. The average molecular weight is 489 g/mol. The normalized spacial score (nSPS) is 14.1. The lowest BCUT2D eigenvalue weighted by Crippen LogP contribution is -2.20. The number of amides is 1. The third kappa shape index (κ3) is 3.87. The molecule has 5 aromatic heterocycles. The van der Waals surface area contributed by atoms with Crippen molar-refractivity contribution in [1.29, 1.82) is 0 Å². The quantitative estimate of drug-likeness (QED) is 0.254. The Hall–Kier alpha value is -4.72. The SMILES string of the molecule is O=C(Nc1cncc(-c2cc3c(-c4cc5c(-c6ccoc6)cccc5[nH]4)n[nH]c3cn2)c1)C1CCCC1. The zero-order valence-corrected chi connectivity index (χ0v) is 20.0. The number of rotatable bonds is 5. The van der Waals surface area contributed by atoms with Crippen LogP contribution in [0.2, 0.25) is 0 Å². The molecule has 0 radical (unpaired) electrons. The fourth-order valence-corrected chi connectivity index (χ4v) is 5.31. The van der Waals surface area contributed by atoms with Gasteiger partial charge >= 0.3 is 0 Å². The summed E-state index contributed by atoms with van der Waals surface area (Å²) in [5.74, 6) is 0.169. The third-order valence-corrected chi connectivity index (χ3v) is 7.23. The minimum absolute atomic E-state index is 0.0746. The Bertz CT molecular complexity index is 1740. The van der Waals surface area contributed by atoms with Crippen molar-refractivity contribution in [2.75, 3.05) is 5.32 Å². The maximum absolute atomic E-state index is 12.6. The smallest absolute Gasteiger partial charge is 0.227 e. The number of anilines is 1. The van der Waals surface area contributed by atoms with E-state index in [2.05, 4.69) is 48.7 Å². The topological polar surface area (TPSA) is 112 Å². The number of carbonyl (C=O) groups excluding carboxylic acids is 1. The Balaban J connectivity index is 1.25. The molecule has 6 aromatic rings. The summed E-state index contributed by atoms with van der Waals surface area (Å²) in [6, 6.07) is 14.2. The summed E-state index contributed by atoms with van der Waals surface area (Å²) in [4.78, 5) is 25.1. The van der Waals surface area contributed by atoms with Crippen molar-refractivity contribution in [3.8, 4) is 33.8 Å². The molecule has 0 bridgehead atoms. The van der Waals surface area contributed by atoms with Crippen molar-refractivity contribution in [3.63, 3.8) is 0 Å². The molecule has 5 heterocycles. The molecule has 0 spiro atoms. The van der Waals surface area contributed by atoms with E-state index < -0.39 is 0 Å². The number of carbonyl (C=O) groups is 1. The number of aromatic nitrogens is 5. The van der Waals surface area contributed by atoms with Gasteiger partial charge in [0.25, 0.3) is 0 Å². The molecule has 1 aliphatic rings. The predicted octanol–water partition coefficient (Wildman–Crippen LogP) is 6.56. The van der Waals surface area contributed by atoms with Crippen LogP contribution < -0.4 is 5.32 Å². The lowest BCUT2D eigenvalue weighted by molar-refractivity contribution is -0.119. The Morgan fingerprint density at radius 1 is 0.973 bits per heavy atom. The molecular weight excluding hydrogens is 464 g/mol. The molecule has 7 rings (SSSR count).